The summed E-state index contributed by atoms with van der Waals surface area (Å²) in [5.41, 5.74) is -1.45. The zero-order chi connectivity index (χ0) is 28.5. The van der Waals surface area contributed by atoms with Gasteiger partial charge in [0, 0.05) is 54.9 Å². The minimum Gasteiger partial charge on any atom is -0.496 e. The average Bonchev–Trinajstić information content (AvgIpc) is 3.34. The lowest BCUT2D eigenvalue weighted by Gasteiger charge is -2.39. The van der Waals surface area contributed by atoms with Crippen molar-refractivity contribution in [2.75, 3.05) is 56.3 Å². The number of ether oxygens (including phenoxy) is 2. The van der Waals surface area contributed by atoms with E-state index in [9.17, 15) is 18.3 Å². The van der Waals surface area contributed by atoms with Crippen molar-refractivity contribution in [3.63, 3.8) is 0 Å². The number of aromatic amines is 1. The highest BCUT2D eigenvalue weighted by Crippen LogP contribution is 2.46. The van der Waals surface area contributed by atoms with Crippen molar-refractivity contribution in [1.29, 1.82) is 0 Å². The second kappa shape index (κ2) is 11.1. The fourth-order valence-corrected chi connectivity index (χ4v) is 6.12. The van der Waals surface area contributed by atoms with Gasteiger partial charge in [0.15, 0.2) is 5.60 Å². The summed E-state index contributed by atoms with van der Waals surface area (Å²) in [6.45, 7) is 7.96. The quantitative estimate of drug-likeness (QED) is 0.374. The molecule has 5 rings (SSSR count). The third-order valence-electron chi connectivity index (χ3n) is 8.26. The minimum absolute atomic E-state index is 0.306. The SMILES string of the molecule is COc1ccc(N2CCCCC2)cc1C(C)(C)CC(O)(Cc1cc2cc(N3CCOCC3)ncc2[nH]1)C(F)(F)F. The summed E-state index contributed by atoms with van der Waals surface area (Å²) in [4.78, 5) is 11.9. The summed E-state index contributed by atoms with van der Waals surface area (Å²) in [6, 6.07) is 9.27. The third kappa shape index (κ3) is 5.88. The number of halogens is 3. The Bertz CT molecular complexity index is 1310. The van der Waals surface area contributed by atoms with E-state index in [4.69, 9.17) is 9.47 Å². The number of H-pyrrole nitrogens is 1. The van der Waals surface area contributed by atoms with E-state index in [-0.39, 0.29) is 0 Å². The fraction of sp³-hybridized carbons (Fsp3) is 0.567. The number of pyridine rings is 1. The molecule has 2 saturated heterocycles. The van der Waals surface area contributed by atoms with Gasteiger partial charge < -0.3 is 29.4 Å². The van der Waals surface area contributed by atoms with Gasteiger partial charge in [-0.1, -0.05) is 13.8 Å². The molecule has 2 aliphatic rings. The molecule has 218 valence electrons. The van der Waals surface area contributed by atoms with Crippen molar-refractivity contribution in [2.45, 2.75) is 63.1 Å². The smallest absolute Gasteiger partial charge is 0.417 e. The van der Waals surface area contributed by atoms with E-state index in [0.717, 1.165) is 42.8 Å². The number of morpholine rings is 1. The number of aliphatic hydroxyl groups is 1. The molecular weight excluding hydrogens is 521 g/mol. The zero-order valence-electron chi connectivity index (χ0n) is 23.5. The monoisotopic (exact) mass is 560 g/mol. The Labute approximate surface area is 233 Å². The Morgan fingerprint density at radius 2 is 1.73 bits per heavy atom. The normalized spacial score (nSPS) is 18.7. The molecule has 2 fully saturated rings. The Morgan fingerprint density at radius 1 is 1.00 bits per heavy atom. The van der Waals surface area contributed by atoms with Gasteiger partial charge in [0.2, 0.25) is 0 Å². The van der Waals surface area contributed by atoms with E-state index >= 15 is 0 Å². The Morgan fingerprint density at radius 3 is 2.40 bits per heavy atom. The third-order valence-corrected chi connectivity index (χ3v) is 8.26. The summed E-state index contributed by atoms with van der Waals surface area (Å²) >= 11 is 0. The highest BCUT2D eigenvalue weighted by molar-refractivity contribution is 5.82. The van der Waals surface area contributed by atoms with Gasteiger partial charge >= 0.3 is 6.18 Å². The fourth-order valence-electron chi connectivity index (χ4n) is 6.12. The van der Waals surface area contributed by atoms with Crippen LogP contribution in [0.4, 0.5) is 24.7 Å². The maximum atomic E-state index is 14.6. The maximum absolute atomic E-state index is 14.6. The molecule has 0 bridgehead atoms. The van der Waals surface area contributed by atoms with Gasteiger partial charge in [-0.2, -0.15) is 13.2 Å². The summed E-state index contributed by atoms with van der Waals surface area (Å²) < 4.78 is 54.8. The molecule has 2 N–H and O–H groups in total. The first-order valence-electron chi connectivity index (χ1n) is 14.0. The van der Waals surface area contributed by atoms with Crippen LogP contribution >= 0.6 is 0 Å². The first-order valence-corrected chi connectivity index (χ1v) is 14.0. The van der Waals surface area contributed by atoms with Gasteiger partial charge in [-0.3, -0.25) is 0 Å². The van der Waals surface area contributed by atoms with Crippen LogP contribution in [0.15, 0.2) is 36.5 Å². The molecule has 2 aromatic heterocycles. The lowest BCUT2D eigenvalue weighted by Crippen LogP contribution is -2.51. The van der Waals surface area contributed by atoms with E-state index in [0.29, 0.717) is 48.8 Å². The van der Waals surface area contributed by atoms with Crippen molar-refractivity contribution >= 4 is 22.4 Å². The van der Waals surface area contributed by atoms with Crippen molar-refractivity contribution in [3.05, 3.63) is 47.8 Å². The number of nitrogens with one attached hydrogen (secondary N) is 1. The van der Waals surface area contributed by atoms with Crippen molar-refractivity contribution in [1.82, 2.24) is 9.97 Å². The number of anilines is 2. The van der Waals surface area contributed by atoms with Gasteiger partial charge in [0.25, 0.3) is 0 Å². The van der Waals surface area contributed by atoms with Crippen LogP contribution in [-0.4, -0.2) is 73.4 Å². The van der Waals surface area contributed by atoms with E-state index < -0.39 is 30.0 Å². The highest BCUT2D eigenvalue weighted by Gasteiger charge is 2.56. The maximum Gasteiger partial charge on any atom is 0.417 e. The standard InChI is InChI=1S/C30H39F3N4O3/c1-28(2,24-17-23(7-8-26(24)39-3)36-9-5-4-6-10-36)20-29(38,30(31,32)33)18-22-15-21-16-27(34-19-25(21)35-22)37-11-13-40-14-12-37/h7-8,15-17,19,35,38H,4-6,9-14,18,20H2,1-3H3. The summed E-state index contributed by atoms with van der Waals surface area (Å²) in [5, 5.41) is 12.1. The molecule has 1 atom stereocenters. The van der Waals surface area contributed by atoms with Crippen LogP contribution in [0.25, 0.3) is 10.9 Å². The van der Waals surface area contributed by atoms with E-state index in [1.165, 1.54) is 13.5 Å². The molecule has 0 aliphatic carbocycles. The van der Waals surface area contributed by atoms with Crippen molar-refractivity contribution in [3.8, 4) is 5.75 Å². The number of methoxy groups -OCH3 is 1. The lowest BCUT2D eigenvalue weighted by molar-refractivity contribution is -0.266. The van der Waals surface area contributed by atoms with Gasteiger partial charge in [0.05, 0.1) is 32.0 Å². The molecule has 0 spiro atoms. The van der Waals surface area contributed by atoms with Crippen LogP contribution in [0, 0.1) is 0 Å². The van der Waals surface area contributed by atoms with Crippen molar-refractivity contribution in [2.24, 2.45) is 0 Å². The predicted octanol–water partition coefficient (Wildman–Crippen LogP) is 5.60. The first-order chi connectivity index (χ1) is 19.0. The van der Waals surface area contributed by atoms with E-state index in [2.05, 4.69) is 19.8 Å². The van der Waals surface area contributed by atoms with Crippen molar-refractivity contribution < 1.29 is 27.8 Å². The Balaban J connectivity index is 1.43. The predicted molar refractivity (Wildman–Crippen MR) is 151 cm³/mol. The molecule has 4 heterocycles. The van der Waals surface area contributed by atoms with Gasteiger partial charge in [-0.25, -0.2) is 4.98 Å². The number of fused-ring (bicyclic) bond motifs is 1. The van der Waals surface area contributed by atoms with Crippen LogP contribution in [0.3, 0.4) is 0 Å². The number of hydrogen-bond acceptors (Lipinski definition) is 6. The number of rotatable bonds is 8. The molecule has 7 nitrogen and oxygen atoms in total. The summed E-state index contributed by atoms with van der Waals surface area (Å²) in [6.07, 6.45) is -0.986. The van der Waals surface area contributed by atoms with Gasteiger partial charge in [-0.05, 0) is 61.4 Å². The molecule has 1 unspecified atom stereocenters. The number of benzene rings is 1. The van der Waals surface area contributed by atoms with Gasteiger partial charge in [0.1, 0.15) is 11.6 Å². The molecule has 0 amide bonds. The van der Waals surface area contributed by atoms with E-state index in [1.807, 2.05) is 24.3 Å². The Hall–Kier alpha value is -2.98. The number of hydrogen-bond donors (Lipinski definition) is 2. The number of aromatic nitrogens is 2. The van der Waals surface area contributed by atoms with Crippen LogP contribution in [0.5, 0.6) is 5.75 Å². The lowest BCUT2D eigenvalue weighted by atomic mass is 9.73. The number of piperidine rings is 1. The molecule has 0 saturated carbocycles. The van der Waals surface area contributed by atoms with Crippen LogP contribution in [0.2, 0.25) is 0 Å². The largest absolute Gasteiger partial charge is 0.496 e. The molecule has 10 heteroatoms. The highest BCUT2D eigenvalue weighted by atomic mass is 19.4. The molecule has 1 aromatic carbocycles. The topological polar surface area (TPSA) is 73.8 Å². The second-order valence-corrected chi connectivity index (χ2v) is 11.7. The average molecular weight is 561 g/mol. The number of nitrogens with zero attached hydrogens (tertiary/aromatic N) is 3. The molecule has 0 radical (unpaired) electrons. The summed E-state index contributed by atoms with van der Waals surface area (Å²) in [5.74, 6) is 1.27. The molecule has 3 aromatic rings. The zero-order valence-corrected chi connectivity index (χ0v) is 23.5. The Kier molecular flexibility index (Phi) is 7.94. The van der Waals surface area contributed by atoms with Crippen LogP contribution in [-0.2, 0) is 16.6 Å². The molecular formula is C30H39F3N4O3. The molecule has 2 aliphatic heterocycles. The first kappa shape index (κ1) is 28.5. The molecule has 40 heavy (non-hydrogen) atoms. The van der Waals surface area contributed by atoms with E-state index in [1.54, 1.807) is 26.1 Å². The van der Waals surface area contributed by atoms with Crippen LogP contribution in [0.1, 0.15) is 50.8 Å². The van der Waals surface area contributed by atoms with Crippen LogP contribution < -0.4 is 14.5 Å². The minimum atomic E-state index is -4.85. The number of alkyl halides is 3. The summed E-state index contributed by atoms with van der Waals surface area (Å²) in [7, 11) is 1.52. The van der Waals surface area contributed by atoms with Gasteiger partial charge in [-0.15, -0.1) is 0 Å². The second-order valence-electron chi connectivity index (χ2n) is 11.7.